The molecule has 0 aliphatic rings. The number of benzene rings is 2. The molecule has 2 aromatic rings. The van der Waals surface area contributed by atoms with Gasteiger partial charge in [-0.1, -0.05) is 29.8 Å². The molecule has 1 N–H and O–H groups in total. The summed E-state index contributed by atoms with van der Waals surface area (Å²) in [5, 5.41) is 10.5. The van der Waals surface area contributed by atoms with Crippen LogP contribution in [0.1, 0.15) is 33.9 Å². The number of methoxy groups -OCH3 is 1. The number of aryl methyl sites for hydroxylation is 3. The Kier molecular flexibility index (Phi) is 3.91. The molecule has 0 saturated carbocycles. The van der Waals surface area contributed by atoms with Gasteiger partial charge in [-0.2, -0.15) is 0 Å². The molecule has 2 rings (SSSR count). The third-order valence-corrected chi connectivity index (χ3v) is 3.40. The zero-order chi connectivity index (χ0) is 14.0. The van der Waals surface area contributed by atoms with Gasteiger partial charge in [-0.05, 0) is 55.2 Å². The second kappa shape index (κ2) is 5.45. The van der Waals surface area contributed by atoms with Crippen molar-refractivity contribution in [1.29, 1.82) is 0 Å². The van der Waals surface area contributed by atoms with Crippen LogP contribution >= 0.6 is 0 Å². The lowest BCUT2D eigenvalue weighted by molar-refractivity contribution is 0.220. The molecule has 0 amide bonds. The third-order valence-electron chi connectivity index (χ3n) is 3.40. The summed E-state index contributed by atoms with van der Waals surface area (Å²) in [7, 11) is 1.67. The molecule has 0 fully saturated rings. The van der Waals surface area contributed by atoms with Crippen molar-refractivity contribution < 1.29 is 9.84 Å². The molecular weight excluding hydrogens is 236 g/mol. The van der Waals surface area contributed by atoms with Gasteiger partial charge >= 0.3 is 0 Å². The van der Waals surface area contributed by atoms with Gasteiger partial charge in [0.05, 0.1) is 7.11 Å². The summed E-state index contributed by atoms with van der Waals surface area (Å²) < 4.78 is 5.35. The van der Waals surface area contributed by atoms with Gasteiger partial charge in [-0.3, -0.25) is 0 Å². The lowest BCUT2D eigenvalue weighted by Gasteiger charge is -2.16. The maximum absolute atomic E-state index is 10.5. The van der Waals surface area contributed by atoms with Crippen LogP contribution in [0.5, 0.6) is 5.75 Å². The summed E-state index contributed by atoms with van der Waals surface area (Å²) >= 11 is 0. The van der Waals surface area contributed by atoms with Crippen molar-refractivity contribution in [2.45, 2.75) is 26.9 Å². The summed E-state index contributed by atoms with van der Waals surface area (Å²) in [4.78, 5) is 0. The van der Waals surface area contributed by atoms with Gasteiger partial charge < -0.3 is 9.84 Å². The molecule has 0 bridgehead atoms. The molecule has 1 atom stereocenters. The minimum Gasteiger partial charge on any atom is -0.496 e. The van der Waals surface area contributed by atoms with E-state index in [0.29, 0.717) is 0 Å². The molecule has 0 heterocycles. The van der Waals surface area contributed by atoms with Crippen LogP contribution in [0.4, 0.5) is 0 Å². The largest absolute Gasteiger partial charge is 0.496 e. The van der Waals surface area contributed by atoms with Crippen molar-refractivity contribution in [2.24, 2.45) is 0 Å². The van der Waals surface area contributed by atoms with Crippen LogP contribution in [0.15, 0.2) is 36.4 Å². The van der Waals surface area contributed by atoms with E-state index in [1.165, 1.54) is 5.56 Å². The Balaban J connectivity index is 2.39. The third kappa shape index (κ3) is 2.79. The number of hydrogen-bond acceptors (Lipinski definition) is 2. The predicted molar refractivity (Wildman–Crippen MR) is 77.7 cm³/mol. The van der Waals surface area contributed by atoms with Crippen molar-refractivity contribution in [2.75, 3.05) is 7.11 Å². The van der Waals surface area contributed by atoms with Crippen LogP contribution in [-0.4, -0.2) is 12.2 Å². The molecule has 100 valence electrons. The van der Waals surface area contributed by atoms with Gasteiger partial charge in [0, 0.05) is 0 Å². The zero-order valence-electron chi connectivity index (χ0n) is 11.9. The first-order valence-corrected chi connectivity index (χ1v) is 6.42. The number of rotatable bonds is 3. The van der Waals surface area contributed by atoms with E-state index >= 15 is 0 Å². The summed E-state index contributed by atoms with van der Waals surface area (Å²) in [6.45, 7) is 6.03. The van der Waals surface area contributed by atoms with E-state index in [9.17, 15) is 5.11 Å². The van der Waals surface area contributed by atoms with E-state index in [-0.39, 0.29) is 0 Å². The smallest absolute Gasteiger partial charge is 0.124 e. The molecule has 0 aliphatic heterocycles. The number of hydrogen-bond donors (Lipinski definition) is 1. The zero-order valence-corrected chi connectivity index (χ0v) is 11.9. The van der Waals surface area contributed by atoms with Gasteiger partial charge in [-0.25, -0.2) is 0 Å². The SMILES string of the molecule is COc1c(C)cc(C(O)c2ccc(C)cc2)cc1C. The predicted octanol–water partition coefficient (Wildman–Crippen LogP) is 3.70. The highest BCUT2D eigenvalue weighted by Gasteiger charge is 2.13. The number of aliphatic hydroxyl groups is 1. The van der Waals surface area contributed by atoms with Crippen LogP contribution in [0.3, 0.4) is 0 Å². The minimum atomic E-state index is -0.594. The summed E-state index contributed by atoms with van der Waals surface area (Å²) in [5.74, 6) is 0.889. The van der Waals surface area contributed by atoms with Gasteiger partial charge in [0.15, 0.2) is 0 Å². The van der Waals surface area contributed by atoms with Crippen molar-refractivity contribution in [3.63, 3.8) is 0 Å². The van der Waals surface area contributed by atoms with E-state index in [1.807, 2.05) is 57.2 Å². The van der Waals surface area contributed by atoms with E-state index in [2.05, 4.69) is 0 Å². The van der Waals surface area contributed by atoms with Crippen molar-refractivity contribution in [1.82, 2.24) is 0 Å². The lowest BCUT2D eigenvalue weighted by Crippen LogP contribution is -2.02. The average molecular weight is 256 g/mol. The van der Waals surface area contributed by atoms with Crippen LogP contribution < -0.4 is 4.74 Å². The fourth-order valence-corrected chi connectivity index (χ4v) is 2.40. The second-order valence-corrected chi connectivity index (χ2v) is 5.00. The molecule has 0 aromatic heterocycles. The lowest BCUT2D eigenvalue weighted by atomic mass is 9.97. The van der Waals surface area contributed by atoms with Crippen molar-refractivity contribution in [3.8, 4) is 5.75 Å². The summed E-state index contributed by atoms with van der Waals surface area (Å²) in [5.41, 5.74) is 5.10. The Labute approximate surface area is 114 Å². The fraction of sp³-hybridized carbons (Fsp3) is 0.294. The first-order chi connectivity index (χ1) is 9.02. The van der Waals surface area contributed by atoms with Crippen LogP contribution in [0.25, 0.3) is 0 Å². The maximum Gasteiger partial charge on any atom is 0.124 e. The van der Waals surface area contributed by atoms with Gasteiger partial charge in [0.25, 0.3) is 0 Å². The minimum absolute atomic E-state index is 0.594. The number of ether oxygens (including phenoxy) is 1. The monoisotopic (exact) mass is 256 g/mol. The molecule has 0 radical (unpaired) electrons. The Hall–Kier alpha value is -1.80. The van der Waals surface area contributed by atoms with Crippen LogP contribution in [-0.2, 0) is 0 Å². The molecule has 1 unspecified atom stereocenters. The highest BCUT2D eigenvalue weighted by atomic mass is 16.5. The molecule has 19 heavy (non-hydrogen) atoms. The summed E-state index contributed by atoms with van der Waals surface area (Å²) in [6.07, 6.45) is -0.594. The van der Waals surface area contributed by atoms with Crippen LogP contribution in [0, 0.1) is 20.8 Å². The Morgan fingerprint density at radius 1 is 0.895 bits per heavy atom. The van der Waals surface area contributed by atoms with Crippen LogP contribution in [0.2, 0.25) is 0 Å². The fourth-order valence-electron chi connectivity index (χ4n) is 2.40. The van der Waals surface area contributed by atoms with Gasteiger partial charge in [0.1, 0.15) is 11.9 Å². The Morgan fingerprint density at radius 2 is 1.42 bits per heavy atom. The van der Waals surface area contributed by atoms with Gasteiger partial charge in [-0.15, -0.1) is 0 Å². The first kappa shape index (κ1) is 13.6. The first-order valence-electron chi connectivity index (χ1n) is 6.42. The molecule has 2 aromatic carbocycles. The molecule has 2 nitrogen and oxygen atoms in total. The molecule has 0 aliphatic carbocycles. The quantitative estimate of drug-likeness (QED) is 0.907. The van der Waals surface area contributed by atoms with Crippen molar-refractivity contribution >= 4 is 0 Å². The van der Waals surface area contributed by atoms with E-state index in [1.54, 1.807) is 7.11 Å². The summed E-state index contributed by atoms with van der Waals surface area (Å²) in [6, 6.07) is 11.9. The van der Waals surface area contributed by atoms with E-state index < -0.39 is 6.10 Å². The maximum atomic E-state index is 10.5. The van der Waals surface area contributed by atoms with Crippen molar-refractivity contribution in [3.05, 3.63) is 64.2 Å². The Bertz CT molecular complexity index is 547. The Morgan fingerprint density at radius 3 is 1.89 bits per heavy atom. The van der Waals surface area contributed by atoms with E-state index in [4.69, 9.17) is 4.74 Å². The molecular formula is C17H20O2. The van der Waals surface area contributed by atoms with Gasteiger partial charge in [0.2, 0.25) is 0 Å². The molecule has 0 spiro atoms. The number of aliphatic hydroxyl groups excluding tert-OH is 1. The topological polar surface area (TPSA) is 29.5 Å². The second-order valence-electron chi connectivity index (χ2n) is 5.00. The highest BCUT2D eigenvalue weighted by molar-refractivity contribution is 5.45. The highest BCUT2D eigenvalue weighted by Crippen LogP contribution is 2.30. The standard InChI is InChI=1S/C17H20O2/c1-11-5-7-14(8-6-11)16(18)15-9-12(2)17(19-4)13(3)10-15/h5-10,16,18H,1-4H3. The normalized spacial score (nSPS) is 12.3. The molecule has 0 saturated heterocycles. The average Bonchev–Trinajstić information content (AvgIpc) is 2.38. The molecule has 2 heteroatoms. The van der Waals surface area contributed by atoms with E-state index in [0.717, 1.165) is 28.0 Å².